The summed E-state index contributed by atoms with van der Waals surface area (Å²) in [7, 11) is 1.83. The summed E-state index contributed by atoms with van der Waals surface area (Å²) < 4.78 is 8.68. The summed E-state index contributed by atoms with van der Waals surface area (Å²) in [5.74, 6) is 0.115. The molecule has 3 heterocycles. The predicted molar refractivity (Wildman–Crippen MR) is 98.4 cm³/mol. The lowest BCUT2D eigenvalue weighted by molar-refractivity contribution is -0.117. The number of aryl methyl sites for hydroxylation is 1. The van der Waals surface area contributed by atoms with Crippen molar-refractivity contribution in [2.75, 3.05) is 5.32 Å². The second-order valence-electron chi connectivity index (χ2n) is 7.88. The molecule has 136 valence electrons. The van der Waals surface area contributed by atoms with E-state index in [4.69, 9.17) is 4.42 Å². The highest BCUT2D eigenvalue weighted by molar-refractivity contribution is 5.94. The van der Waals surface area contributed by atoms with Gasteiger partial charge in [-0.1, -0.05) is 32.9 Å². The maximum absolute atomic E-state index is 12.4. The number of nitrogens with zero attached hydrogens (tertiary/aromatic N) is 3. The lowest BCUT2D eigenvalue weighted by Gasteiger charge is -2.27. The minimum Gasteiger partial charge on any atom is -0.408 e. The van der Waals surface area contributed by atoms with Gasteiger partial charge in [-0.3, -0.25) is 14.0 Å². The average molecular weight is 354 g/mol. The molecule has 0 saturated carbocycles. The molecule has 0 bridgehead atoms. The van der Waals surface area contributed by atoms with Crippen LogP contribution >= 0.6 is 0 Å². The van der Waals surface area contributed by atoms with Gasteiger partial charge in [0, 0.05) is 36.9 Å². The van der Waals surface area contributed by atoms with Crippen molar-refractivity contribution in [1.82, 2.24) is 14.3 Å². The number of carbonyl (C=O) groups is 1. The Bertz CT molecular complexity index is 1060. The number of oxazole rings is 1. The molecule has 1 atom stereocenters. The minimum absolute atomic E-state index is 0.0631. The largest absolute Gasteiger partial charge is 0.419 e. The van der Waals surface area contributed by atoms with Gasteiger partial charge in [0.1, 0.15) is 5.82 Å². The van der Waals surface area contributed by atoms with Crippen molar-refractivity contribution in [3.05, 3.63) is 46.1 Å². The van der Waals surface area contributed by atoms with E-state index in [1.165, 1.54) is 0 Å². The molecule has 0 spiro atoms. The zero-order valence-corrected chi connectivity index (χ0v) is 15.4. The predicted octanol–water partition coefficient (Wildman–Crippen LogP) is 2.75. The van der Waals surface area contributed by atoms with Crippen molar-refractivity contribution in [2.24, 2.45) is 7.05 Å². The lowest BCUT2D eigenvalue weighted by Crippen LogP contribution is -2.29. The van der Waals surface area contributed by atoms with E-state index >= 15 is 0 Å². The molecular formula is C19H22N4O3. The Morgan fingerprint density at radius 2 is 2.00 bits per heavy atom. The molecule has 0 saturated heterocycles. The maximum Gasteiger partial charge on any atom is 0.419 e. The Labute approximate surface area is 150 Å². The highest BCUT2D eigenvalue weighted by Gasteiger charge is 2.36. The number of anilines is 1. The molecule has 3 aromatic rings. The SMILES string of the molecule is Cn1nc(C(C)(C)C)c2c1NC(=O)CC2Cn1c(=O)oc2ccccc21. The molecule has 4 rings (SSSR count). The fourth-order valence-electron chi connectivity index (χ4n) is 3.70. The van der Waals surface area contributed by atoms with Crippen LogP contribution in [0.25, 0.3) is 11.1 Å². The maximum atomic E-state index is 12.4. The molecule has 2 aromatic heterocycles. The van der Waals surface area contributed by atoms with Gasteiger partial charge in [-0.2, -0.15) is 5.10 Å². The van der Waals surface area contributed by atoms with Gasteiger partial charge in [0.15, 0.2) is 5.58 Å². The summed E-state index contributed by atoms with van der Waals surface area (Å²) in [6.45, 7) is 6.68. The molecular weight excluding hydrogens is 332 g/mol. The summed E-state index contributed by atoms with van der Waals surface area (Å²) in [4.78, 5) is 24.6. The molecule has 1 aromatic carbocycles. The van der Waals surface area contributed by atoms with E-state index in [1.807, 2.05) is 25.2 Å². The summed E-state index contributed by atoms with van der Waals surface area (Å²) in [6.07, 6.45) is 0.313. The number of hydrogen-bond acceptors (Lipinski definition) is 4. The zero-order valence-electron chi connectivity index (χ0n) is 15.4. The van der Waals surface area contributed by atoms with Gasteiger partial charge in [-0.25, -0.2) is 4.79 Å². The number of rotatable bonds is 2. The molecule has 1 amide bonds. The molecule has 7 heteroatoms. The number of hydrogen-bond donors (Lipinski definition) is 1. The van der Waals surface area contributed by atoms with Crippen LogP contribution in [-0.4, -0.2) is 20.3 Å². The van der Waals surface area contributed by atoms with E-state index < -0.39 is 5.76 Å². The van der Waals surface area contributed by atoms with Crippen molar-refractivity contribution in [1.29, 1.82) is 0 Å². The topological polar surface area (TPSA) is 82.1 Å². The summed E-state index contributed by atoms with van der Waals surface area (Å²) in [5, 5.41) is 7.59. The zero-order chi connectivity index (χ0) is 18.6. The Balaban J connectivity index is 1.85. The van der Waals surface area contributed by atoms with Crippen LogP contribution in [-0.2, 0) is 23.8 Å². The number of para-hydroxylation sites is 2. The third-order valence-electron chi connectivity index (χ3n) is 4.87. The average Bonchev–Trinajstić information content (AvgIpc) is 3.05. The first-order valence-corrected chi connectivity index (χ1v) is 8.71. The summed E-state index contributed by atoms with van der Waals surface area (Å²) in [5.41, 5.74) is 3.08. The number of fused-ring (bicyclic) bond motifs is 2. The molecule has 1 aliphatic rings. The smallest absolute Gasteiger partial charge is 0.408 e. The molecule has 26 heavy (non-hydrogen) atoms. The summed E-state index contributed by atoms with van der Waals surface area (Å²) >= 11 is 0. The number of aromatic nitrogens is 3. The van der Waals surface area contributed by atoms with Crippen molar-refractivity contribution in [3.8, 4) is 0 Å². The Morgan fingerprint density at radius 3 is 2.73 bits per heavy atom. The second-order valence-corrected chi connectivity index (χ2v) is 7.88. The Kier molecular flexibility index (Phi) is 3.57. The van der Waals surface area contributed by atoms with Gasteiger partial charge >= 0.3 is 5.76 Å². The van der Waals surface area contributed by atoms with Gasteiger partial charge < -0.3 is 9.73 Å². The minimum atomic E-state index is -0.403. The van der Waals surface area contributed by atoms with E-state index in [2.05, 4.69) is 31.2 Å². The highest BCUT2D eigenvalue weighted by Crippen LogP contribution is 2.40. The van der Waals surface area contributed by atoms with Crippen molar-refractivity contribution in [3.63, 3.8) is 0 Å². The van der Waals surface area contributed by atoms with Crippen molar-refractivity contribution < 1.29 is 9.21 Å². The molecule has 1 aliphatic heterocycles. The third kappa shape index (κ3) is 2.55. The Morgan fingerprint density at radius 1 is 1.27 bits per heavy atom. The van der Waals surface area contributed by atoms with Gasteiger partial charge in [0.05, 0.1) is 11.2 Å². The van der Waals surface area contributed by atoms with Crippen molar-refractivity contribution in [2.45, 2.75) is 45.1 Å². The highest BCUT2D eigenvalue weighted by atomic mass is 16.4. The third-order valence-corrected chi connectivity index (χ3v) is 4.87. The molecule has 1 N–H and O–H groups in total. The van der Waals surface area contributed by atoms with Crippen LogP contribution in [0.2, 0.25) is 0 Å². The quantitative estimate of drug-likeness (QED) is 0.767. The normalized spacial score (nSPS) is 17.4. The molecule has 1 unspecified atom stereocenters. The molecule has 7 nitrogen and oxygen atoms in total. The fourth-order valence-corrected chi connectivity index (χ4v) is 3.70. The van der Waals surface area contributed by atoms with Crippen LogP contribution in [0.15, 0.2) is 33.5 Å². The Hall–Kier alpha value is -2.83. The number of nitrogens with one attached hydrogen (secondary N) is 1. The van der Waals surface area contributed by atoms with Crippen LogP contribution in [0.5, 0.6) is 0 Å². The van der Waals surface area contributed by atoms with Gasteiger partial charge in [0.25, 0.3) is 0 Å². The van der Waals surface area contributed by atoms with E-state index in [-0.39, 0.29) is 17.2 Å². The first kappa shape index (κ1) is 16.6. The summed E-state index contributed by atoms with van der Waals surface area (Å²) in [6, 6.07) is 7.34. The molecule has 0 aliphatic carbocycles. The van der Waals surface area contributed by atoms with Gasteiger partial charge in [-0.15, -0.1) is 0 Å². The first-order valence-electron chi connectivity index (χ1n) is 8.71. The van der Waals surface area contributed by atoms with Crippen LogP contribution in [0.1, 0.15) is 44.4 Å². The number of benzene rings is 1. The van der Waals surface area contributed by atoms with E-state index in [0.29, 0.717) is 18.5 Å². The first-order chi connectivity index (χ1) is 12.3. The number of amides is 1. The lowest BCUT2D eigenvalue weighted by atomic mass is 9.82. The van der Waals surface area contributed by atoms with Gasteiger partial charge in [-0.05, 0) is 12.1 Å². The van der Waals surface area contributed by atoms with Crippen LogP contribution in [0.4, 0.5) is 5.82 Å². The molecule has 0 fully saturated rings. The second kappa shape index (κ2) is 5.59. The number of carbonyl (C=O) groups excluding carboxylic acids is 1. The van der Waals surface area contributed by atoms with Crippen LogP contribution in [0, 0.1) is 0 Å². The molecule has 0 radical (unpaired) electrons. The van der Waals surface area contributed by atoms with E-state index in [1.54, 1.807) is 15.3 Å². The van der Waals surface area contributed by atoms with Gasteiger partial charge in [0.2, 0.25) is 5.91 Å². The van der Waals surface area contributed by atoms with Crippen LogP contribution < -0.4 is 11.1 Å². The van der Waals surface area contributed by atoms with E-state index in [0.717, 1.165) is 22.6 Å². The monoisotopic (exact) mass is 354 g/mol. The van der Waals surface area contributed by atoms with Crippen LogP contribution in [0.3, 0.4) is 0 Å². The van der Waals surface area contributed by atoms with Crippen molar-refractivity contribution >= 4 is 22.8 Å². The van der Waals surface area contributed by atoms with E-state index in [9.17, 15) is 9.59 Å². The fraction of sp³-hybridized carbons (Fsp3) is 0.421. The standard InChI is InChI=1S/C19H22N4O3/c1-19(2,3)16-15-11(9-14(24)20-17(15)22(4)21-16)10-23-12-7-5-6-8-13(12)26-18(23)25/h5-8,11H,9-10H2,1-4H3,(H,20,24).